The highest BCUT2D eigenvalue weighted by atomic mass is 16.4. The highest BCUT2D eigenvalue weighted by Gasteiger charge is 2.08. The molecule has 0 aliphatic rings. The van der Waals surface area contributed by atoms with Gasteiger partial charge in [-0.15, -0.1) is 0 Å². The van der Waals surface area contributed by atoms with Gasteiger partial charge in [0.1, 0.15) is 5.82 Å². The first kappa shape index (κ1) is 17.7. The standard InChI is InChI=1S/C20H22N4O2/c1-24(2)18-12-11-16(13-21-18)23-19(25)9-6-10-20-22-14-17(26-20)15-7-4-3-5-8-15/h3-5,7-8,11-14H,6,9-10H2,1-2H3,(H,23,25). The minimum absolute atomic E-state index is 0.0424. The molecule has 1 amide bonds. The number of oxazole rings is 1. The van der Waals surface area contributed by atoms with Crippen LogP contribution in [0.4, 0.5) is 11.5 Å². The summed E-state index contributed by atoms with van der Waals surface area (Å²) in [5, 5.41) is 2.85. The van der Waals surface area contributed by atoms with E-state index in [4.69, 9.17) is 4.42 Å². The minimum Gasteiger partial charge on any atom is -0.441 e. The minimum atomic E-state index is -0.0424. The first-order chi connectivity index (χ1) is 12.6. The summed E-state index contributed by atoms with van der Waals surface area (Å²) in [6, 6.07) is 13.6. The van der Waals surface area contributed by atoms with E-state index >= 15 is 0 Å². The summed E-state index contributed by atoms with van der Waals surface area (Å²) in [4.78, 5) is 22.5. The van der Waals surface area contributed by atoms with Gasteiger partial charge in [0.2, 0.25) is 5.91 Å². The zero-order chi connectivity index (χ0) is 18.4. The number of pyridine rings is 1. The third-order valence-corrected chi connectivity index (χ3v) is 3.90. The Kier molecular flexibility index (Phi) is 5.63. The number of nitrogens with zero attached hydrogens (tertiary/aromatic N) is 3. The fourth-order valence-electron chi connectivity index (χ4n) is 2.51. The number of nitrogens with one attached hydrogen (secondary N) is 1. The van der Waals surface area contributed by atoms with Crippen molar-refractivity contribution in [2.45, 2.75) is 19.3 Å². The van der Waals surface area contributed by atoms with E-state index in [1.807, 2.05) is 61.5 Å². The smallest absolute Gasteiger partial charge is 0.224 e. The average Bonchev–Trinajstić information content (AvgIpc) is 3.12. The predicted octanol–water partition coefficient (Wildman–Crippen LogP) is 3.76. The second-order valence-electron chi connectivity index (χ2n) is 6.19. The Morgan fingerprint density at radius 2 is 1.88 bits per heavy atom. The van der Waals surface area contributed by atoms with Crippen molar-refractivity contribution in [3.63, 3.8) is 0 Å². The van der Waals surface area contributed by atoms with Crippen LogP contribution in [0.2, 0.25) is 0 Å². The Morgan fingerprint density at radius 3 is 2.58 bits per heavy atom. The van der Waals surface area contributed by atoms with E-state index in [-0.39, 0.29) is 5.91 Å². The molecule has 0 saturated carbocycles. The van der Waals surface area contributed by atoms with Gasteiger partial charge in [-0.25, -0.2) is 9.97 Å². The van der Waals surface area contributed by atoms with Crippen molar-refractivity contribution in [2.24, 2.45) is 0 Å². The van der Waals surface area contributed by atoms with Crippen molar-refractivity contribution < 1.29 is 9.21 Å². The molecule has 2 heterocycles. The van der Waals surface area contributed by atoms with Gasteiger partial charge in [0.05, 0.1) is 18.1 Å². The Bertz CT molecular complexity index is 842. The monoisotopic (exact) mass is 350 g/mol. The summed E-state index contributed by atoms with van der Waals surface area (Å²) in [5.74, 6) is 2.20. The van der Waals surface area contributed by atoms with Gasteiger partial charge in [0, 0.05) is 32.5 Å². The second kappa shape index (κ2) is 8.29. The van der Waals surface area contributed by atoms with Crippen LogP contribution < -0.4 is 10.2 Å². The van der Waals surface area contributed by atoms with Crippen molar-refractivity contribution in [2.75, 3.05) is 24.3 Å². The molecule has 0 spiro atoms. The van der Waals surface area contributed by atoms with Crippen LogP contribution in [0.15, 0.2) is 59.3 Å². The van der Waals surface area contributed by atoms with Crippen LogP contribution in [0.5, 0.6) is 0 Å². The van der Waals surface area contributed by atoms with E-state index in [1.165, 1.54) is 0 Å². The lowest BCUT2D eigenvalue weighted by molar-refractivity contribution is -0.116. The number of aromatic nitrogens is 2. The van der Waals surface area contributed by atoms with E-state index in [9.17, 15) is 4.79 Å². The highest BCUT2D eigenvalue weighted by molar-refractivity contribution is 5.90. The molecule has 6 nitrogen and oxygen atoms in total. The topological polar surface area (TPSA) is 71.3 Å². The van der Waals surface area contributed by atoms with E-state index in [0.29, 0.717) is 30.8 Å². The lowest BCUT2D eigenvalue weighted by Gasteiger charge is -2.11. The maximum atomic E-state index is 12.0. The quantitative estimate of drug-likeness (QED) is 0.702. The van der Waals surface area contributed by atoms with Crippen molar-refractivity contribution in [3.8, 4) is 11.3 Å². The molecular formula is C20H22N4O2. The number of benzene rings is 1. The normalized spacial score (nSPS) is 10.5. The van der Waals surface area contributed by atoms with E-state index in [0.717, 1.165) is 17.1 Å². The molecule has 1 N–H and O–H groups in total. The molecule has 3 aromatic rings. The highest BCUT2D eigenvalue weighted by Crippen LogP contribution is 2.20. The third kappa shape index (κ3) is 4.69. The number of hydrogen-bond acceptors (Lipinski definition) is 5. The molecule has 0 bridgehead atoms. The van der Waals surface area contributed by atoms with E-state index in [1.54, 1.807) is 12.4 Å². The Labute approximate surface area is 152 Å². The van der Waals surface area contributed by atoms with Crippen LogP contribution in [0, 0.1) is 0 Å². The Balaban J connectivity index is 1.46. The Morgan fingerprint density at radius 1 is 1.08 bits per heavy atom. The molecule has 0 unspecified atom stereocenters. The molecule has 0 fully saturated rings. The maximum Gasteiger partial charge on any atom is 0.224 e. The van der Waals surface area contributed by atoms with Gasteiger partial charge in [0.15, 0.2) is 11.7 Å². The van der Waals surface area contributed by atoms with Crippen LogP contribution in [0.3, 0.4) is 0 Å². The summed E-state index contributed by atoms with van der Waals surface area (Å²) in [7, 11) is 3.85. The van der Waals surface area contributed by atoms with Crippen LogP contribution in [0.1, 0.15) is 18.7 Å². The van der Waals surface area contributed by atoms with Gasteiger partial charge in [-0.2, -0.15) is 0 Å². The summed E-state index contributed by atoms with van der Waals surface area (Å²) in [5.41, 5.74) is 1.70. The lowest BCUT2D eigenvalue weighted by atomic mass is 10.2. The molecule has 6 heteroatoms. The molecule has 134 valence electrons. The maximum absolute atomic E-state index is 12.0. The van der Waals surface area contributed by atoms with Gasteiger partial charge >= 0.3 is 0 Å². The number of hydrogen-bond donors (Lipinski definition) is 1. The number of rotatable bonds is 7. The molecule has 2 aromatic heterocycles. The molecule has 0 radical (unpaired) electrons. The fraction of sp³-hybridized carbons (Fsp3) is 0.250. The van der Waals surface area contributed by atoms with Gasteiger partial charge in [-0.05, 0) is 18.6 Å². The van der Waals surface area contributed by atoms with Gasteiger partial charge < -0.3 is 14.6 Å². The SMILES string of the molecule is CN(C)c1ccc(NC(=O)CCCc2ncc(-c3ccccc3)o2)cn1. The summed E-state index contributed by atoms with van der Waals surface area (Å²) in [6.45, 7) is 0. The number of carbonyl (C=O) groups excluding carboxylic acids is 1. The first-order valence-electron chi connectivity index (χ1n) is 8.55. The molecule has 0 aliphatic heterocycles. The van der Waals surface area contributed by atoms with Crippen LogP contribution >= 0.6 is 0 Å². The summed E-state index contributed by atoms with van der Waals surface area (Å²) in [6.07, 6.45) is 5.08. The number of anilines is 2. The third-order valence-electron chi connectivity index (χ3n) is 3.90. The van der Waals surface area contributed by atoms with Gasteiger partial charge in [-0.3, -0.25) is 4.79 Å². The van der Waals surface area contributed by atoms with Gasteiger partial charge in [-0.1, -0.05) is 30.3 Å². The summed E-state index contributed by atoms with van der Waals surface area (Å²) < 4.78 is 5.75. The zero-order valence-electron chi connectivity index (χ0n) is 15.0. The zero-order valence-corrected chi connectivity index (χ0v) is 15.0. The molecule has 1 aromatic carbocycles. The van der Waals surface area contributed by atoms with E-state index < -0.39 is 0 Å². The van der Waals surface area contributed by atoms with Crippen molar-refractivity contribution >= 4 is 17.4 Å². The predicted molar refractivity (Wildman–Crippen MR) is 102 cm³/mol. The van der Waals surface area contributed by atoms with E-state index in [2.05, 4.69) is 15.3 Å². The van der Waals surface area contributed by atoms with Crippen LogP contribution in [-0.2, 0) is 11.2 Å². The number of carbonyl (C=O) groups is 1. The fourth-order valence-corrected chi connectivity index (χ4v) is 2.51. The second-order valence-corrected chi connectivity index (χ2v) is 6.19. The number of aryl methyl sites for hydroxylation is 1. The van der Waals surface area contributed by atoms with Gasteiger partial charge in [0.25, 0.3) is 0 Å². The van der Waals surface area contributed by atoms with Crippen molar-refractivity contribution in [3.05, 3.63) is 60.7 Å². The molecule has 0 aliphatic carbocycles. The average molecular weight is 350 g/mol. The molecule has 0 saturated heterocycles. The molecule has 26 heavy (non-hydrogen) atoms. The van der Waals surface area contributed by atoms with Crippen molar-refractivity contribution in [1.29, 1.82) is 0 Å². The molecule has 0 atom stereocenters. The molecular weight excluding hydrogens is 328 g/mol. The largest absolute Gasteiger partial charge is 0.441 e. The molecule has 3 rings (SSSR count). The lowest BCUT2D eigenvalue weighted by Crippen LogP contribution is -2.13. The Hall–Kier alpha value is -3.15. The van der Waals surface area contributed by atoms with Crippen LogP contribution in [-0.4, -0.2) is 30.0 Å². The van der Waals surface area contributed by atoms with Crippen LogP contribution in [0.25, 0.3) is 11.3 Å². The van der Waals surface area contributed by atoms with Crippen molar-refractivity contribution in [1.82, 2.24) is 9.97 Å². The first-order valence-corrected chi connectivity index (χ1v) is 8.55. The summed E-state index contributed by atoms with van der Waals surface area (Å²) >= 11 is 0. The number of amides is 1.